The summed E-state index contributed by atoms with van der Waals surface area (Å²) in [5.41, 5.74) is 1.74. The summed E-state index contributed by atoms with van der Waals surface area (Å²) < 4.78 is 4.16. The van der Waals surface area contributed by atoms with Crippen LogP contribution in [-0.4, -0.2) is 10.2 Å². The molecule has 0 bridgehead atoms. The molecule has 0 radical (unpaired) electrons. The Morgan fingerprint density at radius 3 is 2.37 bits per heavy atom. The van der Waals surface area contributed by atoms with Crippen LogP contribution in [0.5, 0.6) is 0 Å². The summed E-state index contributed by atoms with van der Waals surface area (Å²) in [6, 6.07) is 3.16. The standard InChI is InChI=1S/C12H9Cl3N2OS/c1-5-10(6(2)18)12(19-17-5)16-11-8(14)3-7(13)4-9(11)15/h3-4,16H,1-2H3. The van der Waals surface area contributed by atoms with Gasteiger partial charge in [-0.2, -0.15) is 4.37 Å². The van der Waals surface area contributed by atoms with Crippen LogP contribution in [-0.2, 0) is 0 Å². The number of carbonyl (C=O) groups excluding carboxylic acids is 1. The molecule has 0 aliphatic heterocycles. The third-order valence-electron chi connectivity index (χ3n) is 2.46. The van der Waals surface area contributed by atoms with E-state index in [1.165, 1.54) is 18.5 Å². The average molecular weight is 336 g/mol. The number of nitrogens with one attached hydrogen (secondary N) is 1. The van der Waals surface area contributed by atoms with Gasteiger partial charge in [-0.15, -0.1) is 0 Å². The van der Waals surface area contributed by atoms with Gasteiger partial charge in [-0.05, 0) is 37.5 Å². The topological polar surface area (TPSA) is 42.0 Å². The van der Waals surface area contributed by atoms with Gasteiger partial charge in [0.05, 0.1) is 27.0 Å². The van der Waals surface area contributed by atoms with Gasteiger partial charge in [-0.3, -0.25) is 4.79 Å². The maximum absolute atomic E-state index is 11.6. The van der Waals surface area contributed by atoms with Gasteiger partial charge in [0.1, 0.15) is 5.00 Å². The lowest BCUT2D eigenvalue weighted by Gasteiger charge is -2.10. The van der Waals surface area contributed by atoms with Crippen LogP contribution < -0.4 is 5.32 Å². The Kier molecular flexibility index (Phi) is 4.36. The molecule has 7 heteroatoms. The summed E-state index contributed by atoms with van der Waals surface area (Å²) in [7, 11) is 0. The number of hydrogen-bond donors (Lipinski definition) is 1. The van der Waals surface area contributed by atoms with Crippen LogP contribution in [0.2, 0.25) is 15.1 Å². The molecule has 2 rings (SSSR count). The highest BCUT2D eigenvalue weighted by molar-refractivity contribution is 7.10. The maximum atomic E-state index is 11.6. The normalized spacial score (nSPS) is 10.6. The smallest absolute Gasteiger partial charge is 0.164 e. The van der Waals surface area contributed by atoms with E-state index in [-0.39, 0.29) is 5.78 Å². The summed E-state index contributed by atoms with van der Waals surface area (Å²) in [6.45, 7) is 3.27. The molecule has 1 aromatic carbocycles. The zero-order chi connectivity index (χ0) is 14.2. The second kappa shape index (κ2) is 5.67. The molecular weight excluding hydrogens is 327 g/mol. The Morgan fingerprint density at radius 2 is 1.84 bits per heavy atom. The molecule has 0 spiro atoms. The second-order valence-electron chi connectivity index (χ2n) is 3.90. The van der Waals surface area contributed by atoms with Crippen molar-refractivity contribution in [3.63, 3.8) is 0 Å². The number of aromatic nitrogens is 1. The van der Waals surface area contributed by atoms with Crippen molar-refractivity contribution in [1.82, 2.24) is 4.37 Å². The fraction of sp³-hybridized carbons (Fsp3) is 0.167. The number of anilines is 2. The van der Waals surface area contributed by atoms with Gasteiger partial charge < -0.3 is 5.32 Å². The average Bonchev–Trinajstić information content (AvgIpc) is 2.64. The number of rotatable bonds is 3. The molecule has 1 aromatic heterocycles. The zero-order valence-electron chi connectivity index (χ0n) is 10.1. The highest BCUT2D eigenvalue weighted by Crippen LogP contribution is 2.38. The predicted octanol–water partition coefficient (Wildman–Crippen LogP) is 5.36. The molecule has 1 N–H and O–H groups in total. The first kappa shape index (κ1) is 14.6. The van der Waals surface area contributed by atoms with Crippen LogP contribution in [0.4, 0.5) is 10.7 Å². The highest BCUT2D eigenvalue weighted by atomic mass is 35.5. The van der Waals surface area contributed by atoms with E-state index >= 15 is 0 Å². The summed E-state index contributed by atoms with van der Waals surface area (Å²) in [5.74, 6) is -0.0602. The number of benzene rings is 1. The van der Waals surface area contributed by atoms with Crippen molar-refractivity contribution in [1.29, 1.82) is 0 Å². The van der Waals surface area contributed by atoms with Gasteiger partial charge in [0.25, 0.3) is 0 Å². The fourth-order valence-corrected chi connectivity index (χ4v) is 3.41. The minimum Gasteiger partial charge on any atom is -0.343 e. The molecule has 100 valence electrons. The van der Waals surface area contributed by atoms with Crippen molar-refractivity contribution >= 4 is 62.8 Å². The summed E-state index contributed by atoms with van der Waals surface area (Å²) in [4.78, 5) is 11.6. The van der Waals surface area contributed by atoms with Crippen molar-refractivity contribution in [2.24, 2.45) is 0 Å². The first-order valence-corrected chi connectivity index (χ1v) is 7.19. The molecule has 19 heavy (non-hydrogen) atoms. The highest BCUT2D eigenvalue weighted by Gasteiger charge is 2.17. The number of nitrogens with zero attached hydrogens (tertiary/aromatic N) is 1. The van der Waals surface area contributed by atoms with Gasteiger partial charge in [-0.25, -0.2) is 0 Å². The van der Waals surface area contributed by atoms with Crippen LogP contribution in [0.15, 0.2) is 12.1 Å². The number of carbonyl (C=O) groups is 1. The van der Waals surface area contributed by atoms with E-state index in [2.05, 4.69) is 9.69 Å². The monoisotopic (exact) mass is 334 g/mol. The third-order valence-corrected chi connectivity index (χ3v) is 4.13. The number of halogens is 3. The Bertz CT molecular complexity index is 631. The Balaban J connectivity index is 2.45. The van der Waals surface area contributed by atoms with Crippen LogP contribution in [0, 0.1) is 6.92 Å². The molecule has 1 heterocycles. The lowest BCUT2D eigenvalue weighted by molar-refractivity contribution is 0.101. The Morgan fingerprint density at radius 1 is 1.26 bits per heavy atom. The molecule has 2 aromatic rings. The molecule has 0 atom stereocenters. The molecule has 0 amide bonds. The first-order chi connectivity index (χ1) is 8.90. The molecular formula is C12H9Cl3N2OS. The number of aryl methyl sites for hydroxylation is 1. The SMILES string of the molecule is CC(=O)c1c(C)nsc1Nc1c(Cl)cc(Cl)cc1Cl. The Hall–Kier alpha value is -0.810. The van der Waals surface area contributed by atoms with Crippen LogP contribution in [0.3, 0.4) is 0 Å². The predicted molar refractivity (Wildman–Crippen MR) is 81.6 cm³/mol. The van der Waals surface area contributed by atoms with Crippen LogP contribution in [0.25, 0.3) is 0 Å². The zero-order valence-corrected chi connectivity index (χ0v) is 13.1. The molecule has 0 aliphatic carbocycles. The number of hydrogen-bond acceptors (Lipinski definition) is 4. The maximum Gasteiger partial charge on any atom is 0.164 e. The van der Waals surface area contributed by atoms with Crippen molar-refractivity contribution in [2.75, 3.05) is 5.32 Å². The van der Waals surface area contributed by atoms with E-state index in [0.717, 1.165) is 0 Å². The lowest BCUT2D eigenvalue weighted by atomic mass is 10.2. The minimum atomic E-state index is -0.0602. The molecule has 0 aliphatic rings. The van der Waals surface area contributed by atoms with E-state index in [1.807, 2.05) is 0 Å². The van der Waals surface area contributed by atoms with Gasteiger partial charge in [0, 0.05) is 5.02 Å². The van der Waals surface area contributed by atoms with Crippen LogP contribution >= 0.6 is 46.3 Å². The van der Waals surface area contributed by atoms with E-state index in [1.54, 1.807) is 19.1 Å². The van der Waals surface area contributed by atoms with Crippen molar-refractivity contribution < 1.29 is 4.79 Å². The van der Waals surface area contributed by atoms with Gasteiger partial charge in [-0.1, -0.05) is 34.8 Å². The van der Waals surface area contributed by atoms with Crippen molar-refractivity contribution in [3.05, 3.63) is 38.5 Å². The van der Waals surface area contributed by atoms with Crippen LogP contribution in [0.1, 0.15) is 23.0 Å². The van der Waals surface area contributed by atoms with Gasteiger partial charge in [0.2, 0.25) is 0 Å². The van der Waals surface area contributed by atoms with E-state index in [0.29, 0.717) is 37.0 Å². The number of ketones is 1. The molecule has 0 unspecified atom stereocenters. The minimum absolute atomic E-state index is 0.0602. The quantitative estimate of drug-likeness (QED) is 0.768. The summed E-state index contributed by atoms with van der Waals surface area (Å²) in [5, 5.41) is 4.90. The second-order valence-corrected chi connectivity index (χ2v) is 5.92. The van der Waals surface area contributed by atoms with E-state index in [4.69, 9.17) is 34.8 Å². The Labute approximate surface area is 129 Å². The summed E-state index contributed by atoms with van der Waals surface area (Å²) >= 11 is 19.2. The van der Waals surface area contributed by atoms with E-state index < -0.39 is 0 Å². The third kappa shape index (κ3) is 3.03. The van der Waals surface area contributed by atoms with Gasteiger partial charge in [0.15, 0.2) is 5.78 Å². The lowest BCUT2D eigenvalue weighted by Crippen LogP contribution is -1.99. The molecule has 0 fully saturated rings. The van der Waals surface area contributed by atoms with E-state index in [9.17, 15) is 4.79 Å². The molecule has 0 saturated heterocycles. The fourth-order valence-electron chi connectivity index (χ4n) is 1.64. The molecule has 0 saturated carbocycles. The largest absolute Gasteiger partial charge is 0.343 e. The number of Topliss-reactive ketones (excluding diaryl/α,β-unsaturated/α-hetero) is 1. The van der Waals surface area contributed by atoms with Crippen molar-refractivity contribution in [3.8, 4) is 0 Å². The molecule has 3 nitrogen and oxygen atoms in total. The summed E-state index contributed by atoms with van der Waals surface area (Å²) in [6.07, 6.45) is 0. The first-order valence-electron chi connectivity index (χ1n) is 5.29. The van der Waals surface area contributed by atoms with Gasteiger partial charge >= 0.3 is 0 Å². The van der Waals surface area contributed by atoms with Crippen molar-refractivity contribution in [2.45, 2.75) is 13.8 Å².